The Kier molecular flexibility index (Phi) is 4.47. The molecule has 0 aliphatic heterocycles. The molecule has 0 spiro atoms. The number of hydrogen-bond donors (Lipinski definition) is 1. The number of aromatic nitrogens is 1. The number of benzene rings is 1. The van der Waals surface area contributed by atoms with Gasteiger partial charge in [0.2, 0.25) is 5.88 Å². The van der Waals surface area contributed by atoms with E-state index in [0.717, 1.165) is 24.6 Å². The fourth-order valence-corrected chi connectivity index (χ4v) is 1.83. The maximum Gasteiger partial charge on any atom is 0.335 e. The van der Waals surface area contributed by atoms with Gasteiger partial charge < -0.3 is 9.84 Å². The number of hydrogen-bond acceptors (Lipinski definition) is 3. The Morgan fingerprint density at radius 1 is 1.19 bits per heavy atom. The van der Waals surface area contributed by atoms with Crippen LogP contribution in [-0.2, 0) is 6.42 Å². The molecule has 0 bridgehead atoms. The van der Waals surface area contributed by atoms with Crippen molar-refractivity contribution in [3.8, 4) is 11.6 Å². The molecule has 0 aliphatic rings. The first-order valence-corrected chi connectivity index (χ1v) is 6.36. The topological polar surface area (TPSA) is 59.4 Å². The van der Waals surface area contributed by atoms with Crippen LogP contribution in [0.15, 0.2) is 30.3 Å². The van der Waals surface area contributed by atoms with Crippen LogP contribution in [-0.4, -0.2) is 16.1 Å². The van der Waals surface area contributed by atoms with Gasteiger partial charge in [-0.1, -0.05) is 13.3 Å². The molecule has 0 saturated heterocycles. The normalized spacial score (nSPS) is 10.4. The molecule has 21 heavy (non-hydrogen) atoms. The summed E-state index contributed by atoms with van der Waals surface area (Å²) >= 11 is 0. The van der Waals surface area contributed by atoms with Crippen molar-refractivity contribution in [1.29, 1.82) is 0 Å². The maximum absolute atomic E-state index is 13.1. The smallest absolute Gasteiger partial charge is 0.335 e. The van der Waals surface area contributed by atoms with E-state index in [2.05, 4.69) is 4.98 Å². The van der Waals surface area contributed by atoms with Gasteiger partial charge in [-0.05, 0) is 12.5 Å². The minimum atomic E-state index is -1.12. The van der Waals surface area contributed by atoms with Crippen LogP contribution in [0.5, 0.6) is 11.6 Å². The largest absolute Gasteiger partial charge is 0.478 e. The number of carbonyl (C=O) groups is 1. The zero-order valence-electron chi connectivity index (χ0n) is 11.3. The second-order valence-electron chi connectivity index (χ2n) is 4.45. The van der Waals surface area contributed by atoms with Crippen LogP contribution in [0.2, 0.25) is 0 Å². The minimum absolute atomic E-state index is 0.0108. The number of aryl methyl sites for hydroxylation is 1. The van der Waals surface area contributed by atoms with Gasteiger partial charge in [0.15, 0.2) is 0 Å². The lowest BCUT2D eigenvalue weighted by molar-refractivity contribution is 0.0696. The van der Waals surface area contributed by atoms with Crippen LogP contribution in [0.25, 0.3) is 0 Å². The summed E-state index contributed by atoms with van der Waals surface area (Å²) in [6.45, 7) is 1.93. The van der Waals surface area contributed by atoms with E-state index in [1.54, 1.807) is 0 Å². The van der Waals surface area contributed by atoms with Crippen molar-refractivity contribution >= 4 is 5.97 Å². The number of ether oxygens (including phenoxy) is 1. The molecule has 6 heteroatoms. The lowest BCUT2D eigenvalue weighted by atomic mass is 10.1. The van der Waals surface area contributed by atoms with E-state index in [4.69, 9.17) is 9.84 Å². The highest BCUT2D eigenvalue weighted by Crippen LogP contribution is 2.23. The molecule has 0 saturated carbocycles. The molecule has 2 aromatic rings. The fourth-order valence-electron chi connectivity index (χ4n) is 1.83. The minimum Gasteiger partial charge on any atom is -0.478 e. The molecule has 1 N–H and O–H groups in total. The Balaban J connectivity index is 2.35. The SMILES string of the molecule is CCCc1cc(C(=O)O)cc(Oc2cc(F)cc(F)c2)n1. The first kappa shape index (κ1) is 14.9. The van der Waals surface area contributed by atoms with Crippen LogP contribution in [0.1, 0.15) is 29.4 Å². The average molecular weight is 293 g/mol. The lowest BCUT2D eigenvalue weighted by Gasteiger charge is -2.08. The zero-order valence-corrected chi connectivity index (χ0v) is 11.3. The Morgan fingerprint density at radius 2 is 1.86 bits per heavy atom. The standard InChI is InChI=1S/C15H13F2NO3/c1-2-3-12-4-9(15(19)20)5-14(18-12)21-13-7-10(16)6-11(17)8-13/h4-8H,2-3H2,1H3,(H,19,20). The summed E-state index contributed by atoms with van der Waals surface area (Å²) in [6.07, 6.45) is 1.36. The Hall–Kier alpha value is -2.50. The molecule has 0 aliphatic carbocycles. The summed E-state index contributed by atoms with van der Waals surface area (Å²) in [5.74, 6) is -2.78. The van der Waals surface area contributed by atoms with Gasteiger partial charge in [0.25, 0.3) is 0 Å². The molecule has 1 aromatic heterocycles. The molecule has 1 heterocycles. The third-order valence-corrected chi connectivity index (χ3v) is 2.67. The monoisotopic (exact) mass is 293 g/mol. The zero-order chi connectivity index (χ0) is 15.4. The quantitative estimate of drug-likeness (QED) is 0.910. The summed E-state index contributed by atoms with van der Waals surface area (Å²) in [5, 5.41) is 9.05. The summed E-state index contributed by atoms with van der Waals surface area (Å²) in [7, 11) is 0. The Labute approximate surface area is 120 Å². The van der Waals surface area contributed by atoms with Crippen molar-refractivity contribution in [2.24, 2.45) is 0 Å². The van der Waals surface area contributed by atoms with Crippen LogP contribution in [0.4, 0.5) is 8.78 Å². The van der Waals surface area contributed by atoms with E-state index in [1.807, 2.05) is 6.92 Å². The molecular formula is C15H13F2NO3. The highest BCUT2D eigenvalue weighted by Gasteiger charge is 2.11. The van der Waals surface area contributed by atoms with Crippen molar-refractivity contribution in [2.75, 3.05) is 0 Å². The van der Waals surface area contributed by atoms with Crippen molar-refractivity contribution in [1.82, 2.24) is 4.98 Å². The predicted molar refractivity (Wildman–Crippen MR) is 71.6 cm³/mol. The van der Waals surface area contributed by atoms with Crippen LogP contribution >= 0.6 is 0 Å². The number of nitrogens with zero attached hydrogens (tertiary/aromatic N) is 1. The summed E-state index contributed by atoms with van der Waals surface area (Å²) in [5.41, 5.74) is 0.560. The molecule has 0 fully saturated rings. The molecule has 0 unspecified atom stereocenters. The van der Waals surface area contributed by atoms with Gasteiger partial charge in [0.1, 0.15) is 17.4 Å². The molecule has 2 rings (SSSR count). The molecule has 0 amide bonds. The van der Waals surface area contributed by atoms with Crippen LogP contribution < -0.4 is 4.74 Å². The van der Waals surface area contributed by atoms with Gasteiger partial charge in [0.05, 0.1) is 5.56 Å². The van der Waals surface area contributed by atoms with E-state index in [1.165, 1.54) is 12.1 Å². The molecule has 4 nitrogen and oxygen atoms in total. The van der Waals surface area contributed by atoms with Crippen molar-refractivity contribution in [2.45, 2.75) is 19.8 Å². The van der Waals surface area contributed by atoms with E-state index in [9.17, 15) is 13.6 Å². The second kappa shape index (κ2) is 6.30. The number of halogens is 2. The summed E-state index contributed by atoms with van der Waals surface area (Å²) in [4.78, 5) is 15.2. The van der Waals surface area contributed by atoms with Crippen molar-refractivity contribution in [3.63, 3.8) is 0 Å². The maximum atomic E-state index is 13.1. The molecule has 1 aromatic carbocycles. The van der Waals surface area contributed by atoms with Crippen LogP contribution in [0.3, 0.4) is 0 Å². The first-order chi connectivity index (χ1) is 9.97. The van der Waals surface area contributed by atoms with Gasteiger partial charge in [-0.15, -0.1) is 0 Å². The van der Waals surface area contributed by atoms with Gasteiger partial charge >= 0.3 is 5.97 Å². The molecule has 0 radical (unpaired) electrons. The molecule has 0 atom stereocenters. The highest BCUT2D eigenvalue weighted by molar-refractivity contribution is 5.88. The molecular weight excluding hydrogens is 280 g/mol. The lowest BCUT2D eigenvalue weighted by Crippen LogP contribution is -2.02. The summed E-state index contributed by atoms with van der Waals surface area (Å²) < 4.78 is 31.5. The Bertz CT molecular complexity index is 654. The second-order valence-corrected chi connectivity index (χ2v) is 4.45. The van der Waals surface area contributed by atoms with Gasteiger partial charge in [-0.25, -0.2) is 18.6 Å². The first-order valence-electron chi connectivity index (χ1n) is 6.36. The number of rotatable bonds is 5. The third-order valence-electron chi connectivity index (χ3n) is 2.67. The number of pyridine rings is 1. The van der Waals surface area contributed by atoms with Crippen molar-refractivity contribution in [3.05, 3.63) is 53.2 Å². The Morgan fingerprint density at radius 3 is 2.43 bits per heavy atom. The number of aromatic carboxylic acids is 1. The van der Waals surface area contributed by atoms with E-state index >= 15 is 0 Å². The fraction of sp³-hybridized carbons (Fsp3) is 0.200. The van der Waals surface area contributed by atoms with Crippen molar-refractivity contribution < 1.29 is 23.4 Å². The van der Waals surface area contributed by atoms with Gasteiger partial charge in [-0.3, -0.25) is 0 Å². The van der Waals surface area contributed by atoms with E-state index in [0.29, 0.717) is 12.1 Å². The molecule has 110 valence electrons. The van der Waals surface area contributed by atoms with Crippen LogP contribution in [0, 0.1) is 11.6 Å². The highest BCUT2D eigenvalue weighted by atomic mass is 19.1. The van der Waals surface area contributed by atoms with Gasteiger partial charge in [0, 0.05) is 30.0 Å². The number of carboxylic acids is 1. The predicted octanol–water partition coefficient (Wildman–Crippen LogP) is 3.80. The average Bonchev–Trinajstić information content (AvgIpc) is 2.37. The summed E-state index contributed by atoms with van der Waals surface area (Å²) in [6, 6.07) is 5.38. The third kappa shape index (κ3) is 3.98. The van der Waals surface area contributed by atoms with E-state index < -0.39 is 17.6 Å². The van der Waals surface area contributed by atoms with Gasteiger partial charge in [-0.2, -0.15) is 0 Å². The van der Waals surface area contributed by atoms with E-state index in [-0.39, 0.29) is 17.2 Å². The number of carboxylic acid groups (broad SMARTS) is 1.